The van der Waals surface area contributed by atoms with E-state index >= 15 is 4.39 Å². The Hall–Kier alpha value is -3.74. The Morgan fingerprint density at radius 3 is 2.20 bits per heavy atom. The maximum absolute atomic E-state index is 15.1. The molecule has 180 valence electrons. The predicted octanol–water partition coefficient (Wildman–Crippen LogP) is 6.92. The fraction of sp³-hybridized carbons (Fsp3) is 0.214. The molecular weight excluding hydrogens is 456 g/mol. The smallest absolute Gasteiger partial charge is 0.416 e. The summed E-state index contributed by atoms with van der Waals surface area (Å²) < 4.78 is 58.7. The van der Waals surface area contributed by atoms with Gasteiger partial charge in [0.15, 0.2) is 5.75 Å². The topological polar surface area (TPSA) is 35.0 Å². The van der Waals surface area contributed by atoms with Crippen molar-refractivity contribution >= 4 is 10.8 Å². The van der Waals surface area contributed by atoms with Crippen LogP contribution in [0.2, 0.25) is 0 Å². The molecule has 0 aliphatic rings. The predicted molar refractivity (Wildman–Crippen MR) is 128 cm³/mol. The molecular formula is C28H24F4N2O. The van der Waals surface area contributed by atoms with Gasteiger partial charge in [0.25, 0.3) is 0 Å². The molecule has 0 aliphatic carbocycles. The molecule has 0 fully saturated rings. The number of fused-ring (bicyclic) bond motifs is 1. The van der Waals surface area contributed by atoms with E-state index in [4.69, 9.17) is 4.74 Å². The number of aromatic nitrogens is 2. The van der Waals surface area contributed by atoms with Gasteiger partial charge in [0, 0.05) is 11.8 Å². The molecule has 4 rings (SSSR count). The third-order valence-electron chi connectivity index (χ3n) is 5.75. The second kappa shape index (κ2) is 10.7. The van der Waals surface area contributed by atoms with Gasteiger partial charge in [-0.05, 0) is 53.5 Å². The minimum atomic E-state index is -4.36. The Bertz CT molecular complexity index is 1300. The number of ether oxygens (including phenoxy) is 1. The van der Waals surface area contributed by atoms with E-state index in [9.17, 15) is 13.2 Å². The molecule has 0 N–H and O–H groups in total. The van der Waals surface area contributed by atoms with Crippen LogP contribution < -0.4 is 4.74 Å². The van der Waals surface area contributed by atoms with Gasteiger partial charge in [-0.2, -0.15) is 13.2 Å². The summed E-state index contributed by atoms with van der Waals surface area (Å²) in [4.78, 5) is 8.62. The number of hydrogen-bond donors (Lipinski definition) is 0. The molecule has 0 amide bonds. The molecule has 0 aliphatic heterocycles. The molecule has 0 spiro atoms. The zero-order valence-corrected chi connectivity index (χ0v) is 19.0. The molecule has 1 aromatic heterocycles. The van der Waals surface area contributed by atoms with Gasteiger partial charge in [0.05, 0.1) is 18.0 Å². The molecule has 0 bridgehead atoms. The highest BCUT2D eigenvalue weighted by Gasteiger charge is 2.29. The van der Waals surface area contributed by atoms with Gasteiger partial charge in [0.2, 0.25) is 0 Å². The lowest BCUT2D eigenvalue weighted by atomic mass is 9.98. The Morgan fingerprint density at radius 1 is 0.829 bits per heavy atom. The fourth-order valence-electron chi connectivity index (χ4n) is 3.83. The Balaban J connectivity index is 1.39. The van der Waals surface area contributed by atoms with Gasteiger partial charge in [0.1, 0.15) is 18.2 Å². The number of hydrogen-bond acceptors (Lipinski definition) is 3. The molecule has 3 nitrogen and oxygen atoms in total. The summed E-state index contributed by atoms with van der Waals surface area (Å²) in [5, 5.41) is 1.33. The van der Waals surface area contributed by atoms with Crippen LogP contribution >= 0.6 is 0 Å². The van der Waals surface area contributed by atoms with Crippen molar-refractivity contribution in [1.29, 1.82) is 0 Å². The van der Waals surface area contributed by atoms with E-state index in [0.717, 1.165) is 28.6 Å². The van der Waals surface area contributed by atoms with Gasteiger partial charge in [-0.25, -0.2) is 14.4 Å². The largest absolute Gasteiger partial charge is 0.486 e. The summed E-state index contributed by atoms with van der Waals surface area (Å²) in [6.45, 7) is 3.99. The minimum Gasteiger partial charge on any atom is -0.486 e. The zero-order valence-electron chi connectivity index (χ0n) is 19.0. The van der Waals surface area contributed by atoms with E-state index in [2.05, 4.69) is 16.5 Å². The SMILES string of the molecule is C=CCOc1cnc(CCc2ccc3c(F)c(CCc4ccc(C(F)(F)F)cc4)ccc3c2)nc1. The number of benzene rings is 3. The highest BCUT2D eigenvalue weighted by Crippen LogP contribution is 2.29. The van der Waals surface area contributed by atoms with E-state index in [1.165, 1.54) is 12.1 Å². The first kappa shape index (κ1) is 24.4. The zero-order chi connectivity index (χ0) is 24.8. The first-order valence-electron chi connectivity index (χ1n) is 11.2. The van der Waals surface area contributed by atoms with Crippen LogP contribution in [0.25, 0.3) is 10.8 Å². The molecule has 3 aromatic carbocycles. The van der Waals surface area contributed by atoms with Crippen LogP contribution in [0.5, 0.6) is 5.75 Å². The standard InChI is InChI=1S/C28H24F4N2O/c1-2-15-35-24-17-33-26(34-18-24)14-7-20-6-13-25-22(16-20)10-9-21(27(25)29)8-3-19-4-11-23(12-5-19)28(30,31)32/h2,4-6,9-13,16-18H,1,3,7-8,14-15H2. The van der Waals surface area contributed by atoms with Crippen LogP contribution in [0.15, 0.2) is 79.6 Å². The molecule has 0 saturated carbocycles. The van der Waals surface area contributed by atoms with Crippen molar-refractivity contribution in [2.75, 3.05) is 6.61 Å². The third-order valence-corrected chi connectivity index (χ3v) is 5.75. The highest BCUT2D eigenvalue weighted by atomic mass is 19.4. The fourth-order valence-corrected chi connectivity index (χ4v) is 3.83. The van der Waals surface area contributed by atoms with E-state index in [1.807, 2.05) is 18.2 Å². The Morgan fingerprint density at radius 2 is 1.51 bits per heavy atom. The maximum atomic E-state index is 15.1. The monoisotopic (exact) mass is 480 g/mol. The average Bonchev–Trinajstić information content (AvgIpc) is 2.86. The number of rotatable bonds is 9. The van der Waals surface area contributed by atoms with Gasteiger partial charge in [-0.15, -0.1) is 0 Å². The first-order chi connectivity index (χ1) is 16.8. The van der Waals surface area contributed by atoms with E-state index in [1.54, 1.807) is 30.6 Å². The van der Waals surface area contributed by atoms with Crippen molar-refractivity contribution in [2.45, 2.75) is 31.9 Å². The number of halogens is 4. The van der Waals surface area contributed by atoms with Crippen molar-refractivity contribution in [2.24, 2.45) is 0 Å². The molecule has 0 saturated heterocycles. The van der Waals surface area contributed by atoms with Crippen LogP contribution in [0.3, 0.4) is 0 Å². The minimum absolute atomic E-state index is 0.292. The average molecular weight is 481 g/mol. The second-order valence-corrected chi connectivity index (χ2v) is 8.22. The van der Waals surface area contributed by atoms with E-state index < -0.39 is 11.7 Å². The quantitative estimate of drug-likeness (QED) is 0.193. The van der Waals surface area contributed by atoms with Crippen LogP contribution in [0.4, 0.5) is 17.6 Å². The van der Waals surface area contributed by atoms with Crippen molar-refractivity contribution in [1.82, 2.24) is 9.97 Å². The first-order valence-corrected chi connectivity index (χ1v) is 11.2. The number of nitrogens with zero attached hydrogens (tertiary/aromatic N) is 2. The number of alkyl halides is 3. The molecule has 0 unspecified atom stereocenters. The van der Waals surface area contributed by atoms with Crippen molar-refractivity contribution in [3.8, 4) is 5.75 Å². The van der Waals surface area contributed by atoms with E-state index in [-0.39, 0.29) is 5.82 Å². The molecule has 0 atom stereocenters. The summed E-state index contributed by atoms with van der Waals surface area (Å²) in [5.41, 5.74) is 1.63. The lowest BCUT2D eigenvalue weighted by Crippen LogP contribution is -2.04. The normalized spacial score (nSPS) is 11.5. The summed E-state index contributed by atoms with van der Waals surface area (Å²) in [6, 6.07) is 14.3. The highest BCUT2D eigenvalue weighted by molar-refractivity contribution is 5.84. The summed E-state index contributed by atoms with van der Waals surface area (Å²) in [7, 11) is 0. The summed E-state index contributed by atoms with van der Waals surface area (Å²) in [6.07, 6.45) is 2.76. The van der Waals surface area contributed by atoms with Gasteiger partial charge in [-0.3, -0.25) is 0 Å². The summed E-state index contributed by atoms with van der Waals surface area (Å²) >= 11 is 0. The van der Waals surface area contributed by atoms with Gasteiger partial charge < -0.3 is 4.74 Å². The molecule has 4 aromatic rings. The maximum Gasteiger partial charge on any atom is 0.416 e. The molecule has 0 radical (unpaired) electrons. The van der Waals surface area contributed by atoms with Crippen molar-refractivity contribution in [3.05, 3.63) is 114 Å². The lowest BCUT2D eigenvalue weighted by Gasteiger charge is -2.10. The van der Waals surface area contributed by atoms with Crippen LogP contribution in [0, 0.1) is 5.82 Å². The van der Waals surface area contributed by atoms with E-state index in [0.29, 0.717) is 54.8 Å². The third kappa shape index (κ3) is 6.23. The van der Waals surface area contributed by atoms with Crippen molar-refractivity contribution in [3.63, 3.8) is 0 Å². The Kier molecular flexibility index (Phi) is 7.44. The molecule has 35 heavy (non-hydrogen) atoms. The van der Waals surface area contributed by atoms with Gasteiger partial charge >= 0.3 is 6.18 Å². The summed E-state index contributed by atoms with van der Waals surface area (Å²) in [5.74, 6) is 0.990. The lowest BCUT2D eigenvalue weighted by molar-refractivity contribution is -0.137. The van der Waals surface area contributed by atoms with Gasteiger partial charge in [-0.1, -0.05) is 55.1 Å². The van der Waals surface area contributed by atoms with Crippen LogP contribution in [-0.4, -0.2) is 16.6 Å². The van der Waals surface area contributed by atoms with Crippen molar-refractivity contribution < 1.29 is 22.3 Å². The van der Waals surface area contributed by atoms with Crippen LogP contribution in [0.1, 0.15) is 28.1 Å². The molecule has 7 heteroatoms. The Labute approximate surface area is 201 Å². The van der Waals surface area contributed by atoms with Crippen LogP contribution in [-0.2, 0) is 31.9 Å². The number of aryl methyl sites for hydroxylation is 4. The second-order valence-electron chi connectivity index (χ2n) is 8.22. The molecule has 1 heterocycles.